The normalized spacial score (nSPS) is 15.7. The van der Waals surface area contributed by atoms with Crippen molar-refractivity contribution in [1.82, 2.24) is 15.1 Å². The van der Waals surface area contributed by atoms with Gasteiger partial charge in [0.05, 0.1) is 17.8 Å². The first-order valence-corrected chi connectivity index (χ1v) is 7.93. The summed E-state index contributed by atoms with van der Waals surface area (Å²) in [5, 5.41) is 8.78. The van der Waals surface area contributed by atoms with Gasteiger partial charge in [0.15, 0.2) is 0 Å². The zero-order valence-electron chi connectivity index (χ0n) is 12.6. The lowest BCUT2D eigenvalue weighted by Gasteiger charge is -2.10. The number of amides is 1. The average molecular weight is 285 g/mol. The van der Waals surface area contributed by atoms with Gasteiger partial charge in [-0.2, -0.15) is 5.10 Å². The molecule has 1 fully saturated rings. The molecule has 112 valence electrons. The number of carbonyl (C=O) groups is 1. The molecule has 2 aromatic rings. The van der Waals surface area contributed by atoms with Gasteiger partial charge < -0.3 is 5.32 Å². The number of benzene rings is 1. The molecule has 1 aliphatic rings. The van der Waals surface area contributed by atoms with E-state index in [1.807, 2.05) is 23.7 Å². The molecule has 1 N–H and O–H groups in total. The Morgan fingerprint density at radius 3 is 2.90 bits per heavy atom. The molecular weight excluding hydrogens is 262 g/mol. The van der Waals surface area contributed by atoms with E-state index in [0.29, 0.717) is 18.9 Å². The molecule has 0 atom stereocenters. The number of carbonyl (C=O) groups excluding carboxylic acids is 1. The molecule has 0 spiro atoms. The van der Waals surface area contributed by atoms with Crippen LogP contribution >= 0.6 is 0 Å². The summed E-state index contributed by atoms with van der Waals surface area (Å²) in [5.74, 6) is 0.834. The number of hydrogen-bond donors (Lipinski definition) is 1. The maximum atomic E-state index is 12.0. The Labute approximate surface area is 125 Å². The predicted molar refractivity (Wildman–Crippen MR) is 84.1 cm³/mol. The highest BCUT2D eigenvalue weighted by atomic mass is 16.1. The fourth-order valence-electron chi connectivity index (χ4n) is 3.23. The molecule has 0 bridgehead atoms. The van der Waals surface area contributed by atoms with Crippen molar-refractivity contribution in [3.8, 4) is 0 Å². The number of aryl methyl sites for hydroxylation is 2. The number of nitrogens with zero attached hydrogens (tertiary/aromatic N) is 2. The highest BCUT2D eigenvalue weighted by molar-refractivity contribution is 5.82. The Kier molecular flexibility index (Phi) is 4.23. The minimum absolute atomic E-state index is 0.138. The molecule has 4 nitrogen and oxygen atoms in total. The van der Waals surface area contributed by atoms with Crippen LogP contribution in [0.15, 0.2) is 24.3 Å². The lowest BCUT2D eigenvalue weighted by Crippen LogP contribution is -2.29. The fraction of sp³-hybridized carbons (Fsp3) is 0.529. The van der Waals surface area contributed by atoms with Crippen molar-refractivity contribution in [3.05, 3.63) is 30.0 Å². The van der Waals surface area contributed by atoms with Crippen molar-refractivity contribution in [3.63, 3.8) is 0 Å². The minimum Gasteiger partial charge on any atom is -0.356 e. The molecular formula is C17H23N3O. The molecule has 0 unspecified atom stereocenters. The van der Waals surface area contributed by atoms with Gasteiger partial charge in [-0.1, -0.05) is 31.0 Å². The monoisotopic (exact) mass is 285 g/mol. The highest BCUT2D eigenvalue weighted by Gasteiger charge is 2.15. The number of aromatic nitrogens is 2. The minimum atomic E-state index is 0.138. The van der Waals surface area contributed by atoms with Crippen LogP contribution in [0, 0.1) is 12.8 Å². The Bertz CT molecular complexity index is 626. The summed E-state index contributed by atoms with van der Waals surface area (Å²) < 4.78 is 1.94. The molecule has 1 aromatic heterocycles. The van der Waals surface area contributed by atoms with Crippen molar-refractivity contribution >= 4 is 16.8 Å². The molecule has 0 saturated heterocycles. The second kappa shape index (κ2) is 6.29. The summed E-state index contributed by atoms with van der Waals surface area (Å²) in [7, 11) is 0. The Balaban J connectivity index is 1.55. The van der Waals surface area contributed by atoms with Crippen LogP contribution < -0.4 is 5.32 Å². The van der Waals surface area contributed by atoms with E-state index >= 15 is 0 Å². The smallest absolute Gasteiger partial charge is 0.221 e. The lowest BCUT2D eigenvalue weighted by atomic mass is 10.1. The van der Waals surface area contributed by atoms with Crippen LogP contribution in [0.25, 0.3) is 10.9 Å². The molecule has 1 heterocycles. The first-order chi connectivity index (χ1) is 10.2. The summed E-state index contributed by atoms with van der Waals surface area (Å²) in [4.78, 5) is 12.0. The van der Waals surface area contributed by atoms with Crippen molar-refractivity contribution in [1.29, 1.82) is 0 Å². The Hall–Kier alpha value is -1.84. The third kappa shape index (κ3) is 3.26. The Morgan fingerprint density at radius 2 is 2.10 bits per heavy atom. The van der Waals surface area contributed by atoms with E-state index in [9.17, 15) is 4.79 Å². The van der Waals surface area contributed by atoms with Gasteiger partial charge in [-0.3, -0.25) is 9.48 Å². The predicted octanol–water partition coefficient (Wildman–Crippen LogP) is 3.04. The van der Waals surface area contributed by atoms with Gasteiger partial charge in [0, 0.05) is 18.4 Å². The number of hydrogen-bond acceptors (Lipinski definition) is 2. The van der Waals surface area contributed by atoms with Gasteiger partial charge in [-0.15, -0.1) is 0 Å². The molecule has 21 heavy (non-hydrogen) atoms. The second-order valence-corrected chi connectivity index (χ2v) is 6.03. The molecule has 0 aliphatic heterocycles. The summed E-state index contributed by atoms with van der Waals surface area (Å²) in [5.41, 5.74) is 2.13. The van der Waals surface area contributed by atoms with E-state index < -0.39 is 0 Å². The van der Waals surface area contributed by atoms with E-state index in [1.54, 1.807) is 0 Å². The third-order valence-electron chi connectivity index (χ3n) is 4.46. The fourth-order valence-corrected chi connectivity index (χ4v) is 3.23. The van der Waals surface area contributed by atoms with Crippen LogP contribution in [-0.2, 0) is 11.3 Å². The average Bonchev–Trinajstić information content (AvgIpc) is 3.12. The second-order valence-electron chi connectivity index (χ2n) is 6.03. The van der Waals surface area contributed by atoms with Crippen molar-refractivity contribution in [2.45, 2.75) is 45.6 Å². The zero-order chi connectivity index (χ0) is 14.7. The first-order valence-electron chi connectivity index (χ1n) is 7.93. The zero-order valence-corrected chi connectivity index (χ0v) is 12.6. The van der Waals surface area contributed by atoms with E-state index in [1.165, 1.54) is 31.1 Å². The van der Waals surface area contributed by atoms with Gasteiger partial charge in [0.1, 0.15) is 0 Å². The molecule has 1 aliphatic carbocycles. The van der Waals surface area contributed by atoms with Gasteiger partial charge in [-0.25, -0.2) is 0 Å². The van der Waals surface area contributed by atoms with Gasteiger partial charge in [0.2, 0.25) is 5.91 Å². The van der Waals surface area contributed by atoms with E-state index in [-0.39, 0.29) is 5.91 Å². The van der Waals surface area contributed by atoms with Crippen molar-refractivity contribution < 1.29 is 4.79 Å². The summed E-state index contributed by atoms with van der Waals surface area (Å²) in [6, 6.07) is 8.18. The van der Waals surface area contributed by atoms with Crippen molar-refractivity contribution in [2.75, 3.05) is 6.54 Å². The topological polar surface area (TPSA) is 46.9 Å². The molecule has 1 amide bonds. The van der Waals surface area contributed by atoms with Crippen molar-refractivity contribution in [2.24, 2.45) is 5.92 Å². The largest absolute Gasteiger partial charge is 0.356 e. The highest BCUT2D eigenvalue weighted by Crippen LogP contribution is 2.23. The molecule has 1 aromatic carbocycles. The third-order valence-corrected chi connectivity index (χ3v) is 4.46. The number of fused-ring (bicyclic) bond motifs is 1. The summed E-state index contributed by atoms with van der Waals surface area (Å²) in [6.07, 6.45) is 5.67. The number of nitrogens with one attached hydrogen (secondary N) is 1. The van der Waals surface area contributed by atoms with Crippen LogP contribution in [0.2, 0.25) is 0 Å². The number of para-hydroxylation sites is 1. The maximum absolute atomic E-state index is 12.0. The lowest BCUT2D eigenvalue weighted by molar-refractivity contribution is -0.121. The standard InChI is InChI=1S/C17H23N3O/c1-13-15-8-4-5-9-16(15)20(19-13)11-10-17(21)18-12-14-6-2-3-7-14/h4-5,8-9,14H,2-3,6-7,10-12H2,1H3,(H,18,21). The quantitative estimate of drug-likeness (QED) is 0.918. The molecule has 0 radical (unpaired) electrons. The van der Waals surface area contributed by atoms with Crippen LogP contribution in [0.5, 0.6) is 0 Å². The van der Waals surface area contributed by atoms with Gasteiger partial charge in [-0.05, 0) is 31.7 Å². The van der Waals surface area contributed by atoms with Gasteiger partial charge >= 0.3 is 0 Å². The number of rotatable bonds is 5. The van der Waals surface area contributed by atoms with Crippen LogP contribution in [0.4, 0.5) is 0 Å². The van der Waals surface area contributed by atoms with Crippen LogP contribution in [0.1, 0.15) is 37.8 Å². The Morgan fingerprint density at radius 1 is 1.33 bits per heavy atom. The molecule has 4 heteroatoms. The van der Waals surface area contributed by atoms with E-state index in [0.717, 1.165) is 17.8 Å². The van der Waals surface area contributed by atoms with Crippen LogP contribution in [0.3, 0.4) is 0 Å². The van der Waals surface area contributed by atoms with Crippen LogP contribution in [-0.4, -0.2) is 22.2 Å². The maximum Gasteiger partial charge on any atom is 0.221 e. The summed E-state index contributed by atoms with van der Waals surface area (Å²) >= 11 is 0. The van der Waals surface area contributed by atoms with E-state index in [4.69, 9.17) is 0 Å². The molecule has 1 saturated carbocycles. The molecule has 3 rings (SSSR count). The summed E-state index contributed by atoms with van der Waals surface area (Å²) in [6.45, 7) is 3.50. The first kappa shape index (κ1) is 14.1. The van der Waals surface area contributed by atoms with E-state index in [2.05, 4.69) is 22.5 Å². The van der Waals surface area contributed by atoms with Gasteiger partial charge in [0.25, 0.3) is 0 Å². The SMILES string of the molecule is Cc1nn(CCC(=O)NCC2CCCC2)c2ccccc12.